The molecule has 1 amide bonds. The lowest BCUT2D eigenvalue weighted by atomic mass is 9.89. The number of furan rings is 1. The van der Waals surface area contributed by atoms with Gasteiger partial charge in [0.15, 0.2) is 0 Å². The molecule has 0 spiro atoms. The number of nitrogens with zero attached hydrogens (tertiary/aromatic N) is 4. The van der Waals surface area contributed by atoms with Gasteiger partial charge in [-0.2, -0.15) is 0 Å². The molecule has 2 aromatic heterocycles. The van der Waals surface area contributed by atoms with Crippen LogP contribution < -0.4 is 10.6 Å². The summed E-state index contributed by atoms with van der Waals surface area (Å²) in [4.78, 5) is 27.3. The van der Waals surface area contributed by atoms with Crippen LogP contribution in [-0.2, 0) is 12.8 Å². The number of nitrogens with two attached hydrogens (primary N) is 1. The molecule has 0 unspecified atom stereocenters. The van der Waals surface area contributed by atoms with Crippen molar-refractivity contribution in [1.29, 1.82) is 0 Å². The van der Waals surface area contributed by atoms with Crippen LogP contribution in [0.1, 0.15) is 64.3 Å². The Hall–Kier alpha value is -3.71. The zero-order valence-corrected chi connectivity index (χ0v) is 22.0. The van der Waals surface area contributed by atoms with Crippen LogP contribution in [0.25, 0.3) is 11.0 Å². The Bertz CT molecular complexity index is 1440. The number of carbonyl (C=O) groups excluding carboxylic acids is 1. The van der Waals surface area contributed by atoms with Gasteiger partial charge in [-0.05, 0) is 101 Å². The molecule has 2 aliphatic rings. The van der Waals surface area contributed by atoms with Gasteiger partial charge in [-0.15, -0.1) is 0 Å². The normalized spacial score (nSPS) is 16.4. The predicted octanol–water partition coefficient (Wildman–Crippen LogP) is 5.52. The molecule has 0 saturated carbocycles. The van der Waals surface area contributed by atoms with E-state index >= 15 is 0 Å². The lowest BCUT2D eigenvalue weighted by molar-refractivity contribution is 0.0980. The molecule has 2 N–H and O–H groups in total. The lowest BCUT2D eigenvalue weighted by Gasteiger charge is -2.34. The minimum atomic E-state index is -0.0356. The van der Waals surface area contributed by atoms with Gasteiger partial charge in [0.05, 0.1) is 6.26 Å². The molecule has 0 bridgehead atoms. The third-order valence-corrected chi connectivity index (χ3v) is 8.19. The minimum absolute atomic E-state index is 0.0356. The summed E-state index contributed by atoms with van der Waals surface area (Å²) in [6.45, 7) is 5.51. The van der Waals surface area contributed by atoms with E-state index in [0.29, 0.717) is 23.7 Å². The molecule has 7 heteroatoms. The summed E-state index contributed by atoms with van der Waals surface area (Å²) in [6.07, 6.45) is 9.84. The van der Waals surface area contributed by atoms with E-state index in [1.165, 1.54) is 16.5 Å². The number of rotatable bonds is 6. The third-order valence-electron chi connectivity index (χ3n) is 8.19. The summed E-state index contributed by atoms with van der Waals surface area (Å²) in [5.74, 6) is 1.23. The summed E-state index contributed by atoms with van der Waals surface area (Å²) in [5.41, 5.74) is 12.9. The van der Waals surface area contributed by atoms with Crippen molar-refractivity contribution in [3.8, 4) is 0 Å². The predicted molar refractivity (Wildman–Crippen MR) is 151 cm³/mol. The Balaban J connectivity index is 1.18. The number of hydrogen-bond acceptors (Lipinski definition) is 6. The average Bonchev–Trinajstić information content (AvgIpc) is 3.37. The standard InChI is InChI=1S/C31H35N5O2/c1-21-6-11-29-26(18-21)27(19-38-29)22-12-14-35(15-13-22)16-17-36(31(37)23-7-9-24(32)10-8-23)30-25-4-2-3-5-28(25)33-20-34-30/h6-11,18-20,22H,2-5,12-17,32H2,1H3. The molecule has 4 aromatic rings. The summed E-state index contributed by atoms with van der Waals surface area (Å²) in [6, 6.07) is 13.6. The third kappa shape index (κ3) is 4.90. The molecular formula is C31H35N5O2. The van der Waals surface area contributed by atoms with Crippen molar-refractivity contribution in [3.63, 3.8) is 0 Å². The molecular weight excluding hydrogens is 474 g/mol. The van der Waals surface area contributed by atoms with E-state index in [0.717, 1.165) is 80.8 Å². The second-order valence-electron chi connectivity index (χ2n) is 10.7. The molecule has 0 radical (unpaired) electrons. The number of carbonyl (C=O) groups is 1. The highest BCUT2D eigenvalue weighted by atomic mass is 16.3. The van der Waals surface area contributed by atoms with E-state index in [4.69, 9.17) is 10.2 Å². The van der Waals surface area contributed by atoms with Gasteiger partial charge in [-0.25, -0.2) is 9.97 Å². The van der Waals surface area contributed by atoms with Gasteiger partial charge in [0.1, 0.15) is 17.7 Å². The maximum Gasteiger partial charge on any atom is 0.259 e. The number of benzene rings is 2. The number of anilines is 2. The first-order valence-electron chi connectivity index (χ1n) is 13.8. The molecule has 2 aromatic carbocycles. The van der Waals surface area contributed by atoms with Crippen molar-refractivity contribution in [3.05, 3.63) is 83.0 Å². The Morgan fingerprint density at radius 3 is 2.68 bits per heavy atom. The number of amides is 1. The van der Waals surface area contributed by atoms with Gasteiger partial charge in [0, 0.05) is 46.5 Å². The molecule has 3 heterocycles. The molecule has 0 atom stereocenters. The fourth-order valence-corrected chi connectivity index (χ4v) is 6.01. The van der Waals surface area contributed by atoms with Crippen molar-refractivity contribution in [2.24, 2.45) is 0 Å². The van der Waals surface area contributed by atoms with Crippen LogP contribution in [0.3, 0.4) is 0 Å². The van der Waals surface area contributed by atoms with E-state index in [-0.39, 0.29) is 5.91 Å². The van der Waals surface area contributed by atoms with Gasteiger partial charge in [-0.1, -0.05) is 11.6 Å². The van der Waals surface area contributed by atoms with Crippen LogP contribution >= 0.6 is 0 Å². The van der Waals surface area contributed by atoms with Crippen LogP contribution in [0.4, 0.5) is 11.5 Å². The Labute approximate surface area is 223 Å². The number of aromatic nitrogens is 2. The van der Waals surface area contributed by atoms with E-state index < -0.39 is 0 Å². The maximum absolute atomic E-state index is 13.8. The van der Waals surface area contributed by atoms with E-state index in [1.54, 1.807) is 30.6 Å². The molecule has 1 aliphatic carbocycles. The monoisotopic (exact) mass is 509 g/mol. The maximum atomic E-state index is 13.8. The van der Waals surface area contributed by atoms with Crippen LogP contribution in [-0.4, -0.2) is 47.0 Å². The largest absolute Gasteiger partial charge is 0.464 e. The number of likely N-dealkylation sites (tertiary alicyclic amines) is 1. The van der Waals surface area contributed by atoms with Gasteiger partial charge >= 0.3 is 0 Å². The zero-order chi connectivity index (χ0) is 26.1. The quantitative estimate of drug-likeness (QED) is 0.345. The first-order chi connectivity index (χ1) is 18.6. The Morgan fingerprint density at radius 1 is 1.08 bits per heavy atom. The van der Waals surface area contributed by atoms with Crippen molar-refractivity contribution in [1.82, 2.24) is 14.9 Å². The zero-order valence-electron chi connectivity index (χ0n) is 22.0. The van der Waals surface area contributed by atoms with Gasteiger partial charge in [-0.3, -0.25) is 9.69 Å². The van der Waals surface area contributed by atoms with E-state index in [9.17, 15) is 4.79 Å². The number of aryl methyl sites for hydroxylation is 2. The summed E-state index contributed by atoms with van der Waals surface area (Å²) in [7, 11) is 0. The SMILES string of the molecule is Cc1ccc2occ(C3CCN(CCN(C(=O)c4ccc(N)cc4)c4ncnc5c4CCCC5)CC3)c2c1. The van der Waals surface area contributed by atoms with Crippen LogP contribution in [0.15, 0.2) is 59.5 Å². The van der Waals surface area contributed by atoms with Crippen molar-refractivity contribution in [2.75, 3.05) is 36.8 Å². The first kappa shape index (κ1) is 24.6. The first-order valence-corrected chi connectivity index (χ1v) is 13.8. The van der Waals surface area contributed by atoms with E-state index in [1.807, 2.05) is 11.2 Å². The second kappa shape index (κ2) is 10.6. The molecule has 7 nitrogen and oxygen atoms in total. The highest BCUT2D eigenvalue weighted by molar-refractivity contribution is 6.06. The fourth-order valence-electron chi connectivity index (χ4n) is 6.01. The van der Waals surface area contributed by atoms with Crippen molar-refractivity contribution < 1.29 is 9.21 Å². The van der Waals surface area contributed by atoms with E-state index in [2.05, 4.69) is 40.0 Å². The molecule has 1 aliphatic heterocycles. The van der Waals surface area contributed by atoms with Crippen molar-refractivity contribution >= 4 is 28.4 Å². The van der Waals surface area contributed by atoms with Gasteiger partial charge in [0.25, 0.3) is 5.91 Å². The number of piperidine rings is 1. The highest BCUT2D eigenvalue weighted by Crippen LogP contribution is 2.35. The van der Waals surface area contributed by atoms with Crippen LogP contribution in [0, 0.1) is 6.92 Å². The fraction of sp³-hybridized carbons (Fsp3) is 0.387. The van der Waals surface area contributed by atoms with Crippen LogP contribution in [0.2, 0.25) is 0 Å². The molecule has 6 rings (SSSR count). The van der Waals surface area contributed by atoms with Crippen molar-refractivity contribution in [2.45, 2.75) is 51.4 Å². The molecule has 1 fully saturated rings. The number of nitrogen functional groups attached to an aromatic ring is 1. The minimum Gasteiger partial charge on any atom is -0.464 e. The molecule has 1 saturated heterocycles. The summed E-state index contributed by atoms with van der Waals surface area (Å²) < 4.78 is 5.86. The molecule has 196 valence electrons. The van der Waals surface area contributed by atoms with Gasteiger partial charge < -0.3 is 15.1 Å². The molecule has 38 heavy (non-hydrogen) atoms. The van der Waals surface area contributed by atoms with Gasteiger partial charge in [0.2, 0.25) is 0 Å². The smallest absolute Gasteiger partial charge is 0.259 e. The van der Waals surface area contributed by atoms with Crippen LogP contribution in [0.5, 0.6) is 0 Å². The average molecular weight is 510 g/mol. The Morgan fingerprint density at radius 2 is 1.87 bits per heavy atom. The summed E-state index contributed by atoms with van der Waals surface area (Å²) in [5, 5.41) is 1.25. The lowest BCUT2D eigenvalue weighted by Crippen LogP contribution is -2.42. The topological polar surface area (TPSA) is 88.5 Å². The Kier molecular flexibility index (Phi) is 6.85. The number of hydrogen-bond donors (Lipinski definition) is 1. The second-order valence-corrected chi connectivity index (χ2v) is 10.7. The summed E-state index contributed by atoms with van der Waals surface area (Å²) >= 11 is 0. The highest BCUT2D eigenvalue weighted by Gasteiger charge is 2.28. The number of fused-ring (bicyclic) bond motifs is 2.